The lowest BCUT2D eigenvalue weighted by Gasteiger charge is -2.07. The molecule has 0 unspecified atom stereocenters. The van der Waals surface area contributed by atoms with Crippen LogP contribution in [0.5, 0.6) is 0 Å². The van der Waals surface area contributed by atoms with Crippen molar-refractivity contribution in [2.24, 2.45) is 5.92 Å². The van der Waals surface area contributed by atoms with Crippen molar-refractivity contribution in [2.45, 2.75) is 18.7 Å². The van der Waals surface area contributed by atoms with Gasteiger partial charge in [-0.2, -0.15) is 0 Å². The maximum Gasteiger partial charge on any atom is 0.226 e. The highest BCUT2D eigenvalue weighted by molar-refractivity contribution is 7.98. The van der Waals surface area contributed by atoms with E-state index in [2.05, 4.69) is 5.32 Å². The molecule has 0 saturated heterocycles. The Hall–Kier alpha value is -2.33. The van der Waals surface area contributed by atoms with Crippen LogP contribution in [-0.4, -0.2) is 17.9 Å². The molecule has 0 aliphatic carbocycles. The zero-order chi connectivity index (χ0) is 17.5. The van der Waals surface area contributed by atoms with Crippen LogP contribution in [-0.2, 0) is 4.79 Å². The van der Waals surface area contributed by atoms with E-state index in [0.29, 0.717) is 11.3 Å². The Balaban J connectivity index is 2.01. The van der Waals surface area contributed by atoms with Gasteiger partial charge in [-0.15, -0.1) is 11.8 Å². The maximum atomic E-state index is 12.2. The molecule has 0 aliphatic heterocycles. The van der Waals surface area contributed by atoms with E-state index in [-0.39, 0.29) is 17.6 Å². The number of nitrogens with one attached hydrogen (secondary N) is 1. The van der Waals surface area contributed by atoms with Crippen molar-refractivity contribution in [1.29, 1.82) is 0 Å². The number of carbonyl (C=O) groups is 2. The molecule has 2 aromatic carbocycles. The van der Waals surface area contributed by atoms with Crippen LogP contribution in [0, 0.1) is 5.92 Å². The van der Waals surface area contributed by atoms with Crippen molar-refractivity contribution in [1.82, 2.24) is 0 Å². The molecule has 0 spiro atoms. The molecule has 0 atom stereocenters. The molecule has 0 fully saturated rings. The van der Waals surface area contributed by atoms with Crippen molar-refractivity contribution in [3.63, 3.8) is 0 Å². The summed E-state index contributed by atoms with van der Waals surface area (Å²) >= 11 is 1.68. The van der Waals surface area contributed by atoms with Crippen LogP contribution in [0.15, 0.2) is 59.5 Å². The largest absolute Gasteiger partial charge is 0.326 e. The number of carbonyl (C=O) groups excluding carboxylic acids is 2. The number of hydrogen-bond acceptors (Lipinski definition) is 3. The van der Waals surface area contributed by atoms with Gasteiger partial charge < -0.3 is 5.32 Å². The van der Waals surface area contributed by atoms with Crippen LogP contribution in [0.25, 0.3) is 6.08 Å². The van der Waals surface area contributed by atoms with Gasteiger partial charge in [-0.25, -0.2) is 0 Å². The molecular formula is C20H21NO2S. The average molecular weight is 339 g/mol. The third-order valence-corrected chi connectivity index (χ3v) is 4.25. The van der Waals surface area contributed by atoms with Crippen LogP contribution < -0.4 is 5.32 Å². The first-order valence-corrected chi connectivity index (χ1v) is 8.99. The fourth-order valence-electron chi connectivity index (χ4n) is 1.99. The fraction of sp³-hybridized carbons (Fsp3) is 0.200. The maximum absolute atomic E-state index is 12.2. The second-order valence-corrected chi connectivity index (χ2v) is 6.57. The molecule has 0 radical (unpaired) electrons. The summed E-state index contributed by atoms with van der Waals surface area (Å²) in [5, 5.41) is 2.81. The number of ketones is 1. The van der Waals surface area contributed by atoms with E-state index in [9.17, 15) is 9.59 Å². The summed E-state index contributed by atoms with van der Waals surface area (Å²) < 4.78 is 0. The van der Waals surface area contributed by atoms with Crippen molar-refractivity contribution >= 4 is 35.2 Å². The Labute approximate surface area is 147 Å². The molecule has 0 aliphatic rings. The van der Waals surface area contributed by atoms with Crippen LogP contribution >= 0.6 is 11.8 Å². The van der Waals surface area contributed by atoms with Gasteiger partial charge in [-0.05, 0) is 54.3 Å². The van der Waals surface area contributed by atoms with Gasteiger partial charge in [0.2, 0.25) is 5.91 Å². The van der Waals surface area contributed by atoms with E-state index in [4.69, 9.17) is 0 Å². The summed E-state index contributed by atoms with van der Waals surface area (Å²) in [6, 6.07) is 15.0. The summed E-state index contributed by atoms with van der Waals surface area (Å²) in [5.74, 6) is -0.180. The van der Waals surface area contributed by atoms with E-state index >= 15 is 0 Å². The highest BCUT2D eigenvalue weighted by Gasteiger charge is 2.07. The molecule has 1 N–H and O–H groups in total. The molecule has 1 amide bonds. The van der Waals surface area contributed by atoms with Gasteiger partial charge in [0.1, 0.15) is 0 Å². The molecule has 0 aromatic heterocycles. The average Bonchev–Trinajstić information content (AvgIpc) is 2.60. The molecule has 0 saturated carbocycles. The first-order chi connectivity index (χ1) is 11.5. The molecule has 4 heteroatoms. The highest BCUT2D eigenvalue weighted by atomic mass is 32.2. The van der Waals surface area contributed by atoms with Gasteiger partial charge in [0, 0.05) is 22.1 Å². The molecule has 24 heavy (non-hydrogen) atoms. The first-order valence-electron chi connectivity index (χ1n) is 7.77. The van der Waals surface area contributed by atoms with Crippen LogP contribution in [0.1, 0.15) is 29.8 Å². The van der Waals surface area contributed by atoms with Gasteiger partial charge in [0.15, 0.2) is 5.78 Å². The van der Waals surface area contributed by atoms with Crippen LogP contribution in [0.3, 0.4) is 0 Å². The topological polar surface area (TPSA) is 46.2 Å². The zero-order valence-electron chi connectivity index (χ0n) is 14.1. The second-order valence-electron chi connectivity index (χ2n) is 5.69. The molecule has 2 rings (SSSR count). The Morgan fingerprint density at radius 3 is 2.17 bits per heavy atom. The van der Waals surface area contributed by atoms with Crippen LogP contribution in [0.4, 0.5) is 5.69 Å². The monoisotopic (exact) mass is 339 g/mol. The smallest absolute Gasteiger partial charge is 0.226 e. The van der Waals surface area contributed by atoms with Crippen molar-refractivity contribution in [3.8, 4) is 0 Å². The van der Waals surface area contributed by atoms with Crippen molar-refractivity contribution in [3.05, 3.63) is 65.7 Å². The minimum atomic E-state index is -0.0771. The Morgan fingerprint density at radius 1 is 1.00 bits per heavy atom. The first kappa shape index (κ1) is 18.0. The lowest BCUT2D eigenvalue weighted by atomic mass is 10.1. The van der Waals surface area contributed by atoms with Crippen LogP contribution in [0.2, 0.25) is 0 Å². The fourth-order valence-corrected chi connectivity index (χ4v) is 2.40. The minimum absolute atomic E-state index is 0.0392. The quantitative estimate of drug-likeness (QED) is 0.462. The third kappa shape index (κ3) is 5.10. The van der Waals surface area contributed by atoms with E-state index in [0.717, 1.165) is 5.56 Å². The number of allylic oxidation sites excluding steroid dienone is 1. The lowest BCUT2D eigenvalue weighted by molar-refractivity contribution is -0.118. The molecule has 0 bridgehead atoms. The zero-order valence-corrected chi connectivity index (χ0v) is 14.9. The Bertz CT molecular complexity index is 731. The molecule has 124 valence electrons. The number of amides is 1. The number of anilines is 1. The second kappa shape index (κ2) is 8.50. The van der Waals surface area contributed by atoms with Crippen molar-refractivity contribution < 1.29 is 9.59 Å². The predicted molar refractivity (Wildman–Crippen MR) is 101 cm³/mol. The lowest BCUT2D eigenvalue weighted by Crippen LogP contribution is -2.17. The third-order valence-electron chi connectivity index (χ3n) is 3.50. The standard InChI is InChI=1S/C20H21NO2S/c1-14(2)20(23)21-17-9-7-16(8-10-17)19(22)13-6-15-4-11-18(24-3)12-5-15/h4-14H,1-3H3,(H,21,23)/b13-6+. The van der Waals surface area contributed by atoms with E-state index in [1.165, 1.54) is 4.90 Å². The van der Waals surface area contributed by atoms with E-state index in [1.807, 2.05) is 44.4 Å². The molecule has 3 nitrogen and oxygen atoms in total. The van der Waals surface area contributed by atoms with Gasteiger partial charge in [-0.1, -0.05) is 32.1 Å². The van der Waals surface area contributed by atoms with E-state index in [1.54, 1.807) is 48.2 Å². The molecule has 2 aromatic rings. The summed E-state index contributed by atoms with van der Waals surface area (Å²) in [7, 11) is 0. The number of thioether (sulfide) groups is 1. The van der Waals surface area contributed by atoms with Gasteiger partial charge in [0.05, 0.1) is 0 Å². The summed E-state index contributed by atoms with van der Waals surface area (Å²) in [6.45, 7) is 3.67. The van der Waals surface area contributed by atoms with Gasteiger partial charge >= 0.3 is 0 Å². The number of hydrogen-bond donors (Lipinski definition) is 1. The minimum Gasteiger partial charge on any atom is -0.326 e. The molecular weight excluding hydrogens is 318 g/mol. The number of benzene rings is 2. The summed E-state index contributed by atoms with van der Waals surface area (Å²) in [5.41, 5.74) is 2.28. The molecule has 0 heterocycles. The summed E-state index contributed by atoms with van der Waals surface area (Å²) in [4.78, 5) is 25.0. The SMILES string of the molecule is CSc1ccc(/C=C/C(=O)c2ccc(NC(=O)C(C)C)cc2)cc1. The van der Waals surface area contributed by atoms with Crippen molar-refractivity contribution in [2.75, 3.05) is 11.6 Å². The summed E-state index contributed by atoms with van der Waals surface area (Å²) in [6.07, 6.45) is 5.40. The predicted octanol–water partition coefficient (Wildman–Crippen LogP) is 4.90. The highest BCUT2D eigenvalue weighted by Crippen LogP contribution is 2.16. The Morgan fingerprint density at radius 2 is 1.62 bits per heavy atom. The van der Waals surface area contributed by atoms with Gasteiger partial charge in [-0.3, -0.25) is 9.59 Å². The van der Waals surface area contributed by atoms with Gasteiger partial charge in [0.25, 0.3) is 0 Å². The number of rotatable bonds is 6. The van der Waals surface area contributed by atoms with E-state index < -0.39 is 0 Å². The Kier molecular flexibility index (Phi) is 6.38. The normalized spacial score (nSPS) is 11.0.